The summed E-state index contributed by atoms with van der Waals surface area (Å²) in [6.45, 7) is 14.0. The molecular weight excluding hydrogens is 493 g/mol. The second kappa shape index (κ2) is 13.6. The molecule has 0 aliphatic heterocycles. The molecule has 30 heavy (non-hydrogen) atoms. The van der Waals surface area contributed by atoms with Crippen LogP contribution >= 0.6 is 35.3 Å². The van der Waals surface area contributed by atoms with Crippen LogP contribution in [0, 0.1) is 5.92 Å². The molecule has 0 bridgehead atoms. The van der Waals surface area contributed by atoms with Crippen molar-refractivity contribution in [3.8, 4) is 0 Å². The number of hydrogen-bond acceptors (Lipinski definition) is 2. The van der Waals surface area contributed by atoms with Crippen molar-refractivity contribution in [3.05, 3.63) is 70.3 Å². The Bertz CT molecular complexity index is 789. The third-order valence-electron chi connectivity index (χ3n) is 3.99. The van der Waals surface area contributed by atoms with Crippen molar-refractivity contribution in [1.82, 2.24) is 0 Å². The molecule has 1 aromatic rings. The fraction of sp³-hybridized carbons (Fsp3) is 0.455. The minimum Gasteiger partial charge on any atom is -0.320 e. The smallest absolute Gasteiger partial charge is 0.320 e. The average molecular weight is 525 g/mol. The van der Waals surface area contributed by atoms with E-state index in [1.807, 2.05) is 32.9 Å². The largest absolute Gasteiger partial charge is 0.399 e. The summed E-state index contributed by atoms with van der Waals surface area (Å²) in [4.78, 5) is 17.9. The molecule has 3 nitrogen and oxygen atoms in total. The van der Waals surface area contributed by atoms with Crippen LogP contribution in [0.4, 0.5) is 8.78 Å². The summed E-state index contributed by atoms with van der Waals surface area (Å²) in [5.41, 5.74) is -2.98. The second-order valence-corrected chi connectivity index (χ2v) is 10.4. The van der Waals surface area contributed by atoms with Crippen molar-refractivity contribution in [2.45, 2.75) is 57.7 Å². The molecule has 0 heterocycles. The van der Waals surface area contributed by atoms with Crippen molar-refractivity contribution in [2.75, 3.05) is 0 Å². The highest BCUT2D eigenvalue weighted by Crippen LogP contribution is 2.60. The molecule has 0 radical (unpaired) electrons. The third-order valence-corrected chi connectivity index (χ3v) is 6.99. The Morgan fingerprint density at radius 2 is 1.93 bits per heavy atom. The lowest BCUT2D eigenvalue weighted by Crippen LogP contribution is -2.14. The van der Waals surface area contributed by atoms with Gasteiger partial charge in [0, 0.05) is 21.0 Å². The van der Waals surface area contributed by atoms with Crippen LogP contribution in [0.15, 0.2) is 59.1 Å². The number of benzene rings is 1. The molecule has 1 atom stereocenters. The monoisotopic (exact) mass is 524 g/mol. The van der Waals surface area contributed by atoms with Crippen LogP contribution in [0.2, 0.25) is 0 Å². The molecule has 1 unspecified atom stereocenters. The highest BCUT2D eigenvalue weighted by Gasteiger charge is 2.51. The molecule has 0 aliphatic rings. The van der Waals surface area contributed by atoms with Crippen LogP contribution in [0.25, 0.3) is 0 Å². The molecule has 1 aromatic carbocycles. The van der Waals surface area contributed by atoms with Crippen LogP contribution in [0.5, 0.6) is 0 Å². The zero-order valence-electron chi connectivity index (χ0n) is 18.1. The van der Waals surface area contributed by atoms with Crippen LogP contribution < -0.4 is 0 Å². The Labute approximate surface area is 192 Å². The molecule has 1 rings (SSSR count). The van der Waals surface area contributed by atoms with Crippen LogP contribution in [0.3, 0.4) is 0 Å². The number of halogens is 3. The third kappa shape index (κ3) is 8.80. The number of hydrogen-bond donors (Lipinski definition) is 2. The van der Waals surface area contributed by atoms with Gasteiger partial charge in [0.15, 0.2) is 0 Å². The first-order chi connectivity index (χ1) is 13.9. The Kier molecular flexibility index (Phi) is 13.3. The van der Waals surface area contributed by atoms with E-state index < -0.39 is 18.8 Å². The summed E-state index contributed by atoms with van der Waals surface area (Å²) in [5.74, 6) is 1.07. The van der Waals surface area contributed by atoms with E-state index in [4.69, 9.17) is 9.79 Å². The van der Waals surface area contributed by atoms with E-state index in [1.165, 1.54) is 17.7 Å². The van der Waals surface area contributed by atoms with Crippen molar-refractivity contribution in [1.29, 1.82) is 0 Å². The Morgan fingerprint density at radius 3 is 2.37 bits per heavy atom. The van der Waals surface area contributed by atoms with Gasteiger partial charge in [0.2, 0.25) is 0 Å². The number of allylic oxidation sites excluding steroid dienone is 4. The van der Waals surface area contributed by atoms with E-state index >= 15 is 0 Å². The van der Waals surface area contributed by atoms with Gasteiger partial charge in [-0.1, -0.05) is 86.6 Å². The fourth-order valence-corrected chi connectivity index (χ4v) is 5.38. The van der Waals surface area contributed by atoms with Gasteiger partial charge >= 0.3 is 13.3 Å². The molecule has 0 aliphatic carbocycles. The van der Waals surface area contributed by atoms with Gasteiger partial charge < -0.3 is 9.79 Å². The van der Waals surface area contributed by atoms with Gasteiger partial charge in [0.1, 0.15) is 0 Å². The van der Waals surface area contributed by atoms with Gasteiger partial charge in [0.05, 0.1) is 0 Å². The first-order valence-corrected chi connectivity index (χ1v) is 13.2. The summed E-state index contributed by atoms with van der Waals surface area (Å²) < 4.78 is 39.0. The molecule has 0 aromatic heterocycles. The van der Waals surface area contributed by atoms with E-state index in [1.54, 1.807) is 17.8 Å². The topological polar surface area (TPSA) is 57.5 Å². The predicted octanol–water partition coefficient (Wildman–Crippen LogP) is 8.04. The highest BCUT2D eigenvalue weighted by molar-refractivity contribution is 9.10. The molecule has 8 heteroatoms. The van der Waals surface area contributed by atoms with Crippen molar-refractivity contribution < 1.29 is 23.1 Å². The summed E-state index contributed by atoms with van der Waals surface area (Å²) in [5, 5.41) is 0.233. The maximum absolute atomic E-state index is 14.0. The quantitative estimate of drug-likeness (QED) is 0.240. The Balaban J connectivity index is 0.00000407. The van der Waals surface area contributed by atoms with Crippen molar-refractivity contribution >= 4 is 35.3 Å². The molecule has 0 saturated carbocycles. The molecule has 0 fully saturated rings. The van der Waals surface area contributed by atoms with Gasteiger partial charge in [0.25, 0.3) is 0 Å². The van der Waals surface area contributed by atoms with Crippen molar-refractivity contribution in [3.63, 3.8) is 0 Å². The molecular formula is C22H32BrF2O3PS. The van der Waals surface area contributed by atoms with Crippen LogP contribution in [0.1, 0.15) is 52.2 Å². The van der Waals surface area contributed by atoms with Gasteiger partial charge in [-0.15, -0.1) is 11.8 Å². The summed E-state index contributed by atoms with van der Waals surface area (Å²) >= 11 is 4.73. The highest BCUT2D eigenvalue weighted by atomic mass is 79.9. The number of thioether (sulfide) groups is 1. The minimum absolute atomic E-state index is 0.0165. The van der Waals surface area contributed by atoms with E-state index in [0.717, 1.165) is 18.1 Å². The van der Waals surface area contributed by atoms with Gasteiger partial charge in [-0.25, -0.2) is 0 Å². The SMILES string of the molecule is C=C/C=C\C(=C/C)C(CC(C)C)SCc1ccc(C(F)(F)P(=O)(O)O)c(Br)c1.CC. The average Bonchev–Trinajstić information content (AvgIpc) is 2.66. The molecule has 2 N–H and O–H groups in total. The van der Waals surface area contributed by atoms with E-state index in [-0.39, 0.29) is 9.72 Å². The van der Waals surface area contributed by atoms with Crippen molar-refractivity contribution in [2.24, 2.45) is 5.92 Å². The zero-order valence-corrected chi connectivity index (χ0v) is 21.4. The van der Waals surface area contributed by atoms with Gasteiger partial charge in [-0.05, 0) is 36.5 Å². The summed E-state index contributed by atoms with van der Waals surface area (Å²) in [6.07, 6.45) is 8.64. The van der Waals surface area contributed by atoms with Crippen LogP contribution in [-0.2, 0) is 16.0 Å². The molecule has 0 amide bonds. The van der Waals surface area contributed by atoms with Gasteiger partial charge in [-0.3, -0.25) is 4.57 Å². The van der Waals surface area contributed by atoms with E-state index in [2.05, 4.69) is 42.4 Å². The number of alkyl halides is 2. The Morgan fingerprint density at radius 1 is 1.33 bits per heavy atom. The lowest BCUT2D eigenvalue weighted by atomic mass is 10.0. The first-order valence-electron chi connectivity index (χ1n) is 9.73. The van der Waals surface area contributed by atoms with E-state index in [9.17, 15) is 13.3 Å². The Hall–Kier alpha value is -0.720. The minimum atomic E-state index is -5.60. The lowest BCUT2D eigenvalue weighted by Gasteiger charge is -2.21. The normalized spacial score (nSPS) is 13.9. The van der Waals surface area contributed by atoms with E-state index in [0.29, 0.717) is 11.7 Å². The summed E-state index contributed by atoms with van der Waals surface area (Å²) in [7, 11) is -5.60. The summed E-state index contributed by atoms with van der Waals surface area (Å²) in [6, 6.07) is 4.05. The fourth-order valence-electron chi connectivity index (χ4n) is 2.54. The van der Waals surface area contributed by atoms with Gasteiger partial charge in [-0.2, -0.15) is 8.78 Å². The maximum Gasteiger partial charge on any atom is 0.399 e. The number of rotatable bonds is 10. The molecule has 170 valence electrons. The molecule has 0 spiro atoms. The first kappa shape index (κ1) is 29.3. The maximum atomic E-state index is 14.0. The molecule has 0 saturated heterocycles. The van der Waals surface area contributed by atoms with Crippen LogP contribution in [-0.4, -0.2) is 15.0 Å². The second-order valence-electron chi connectivity index (χ2n) is 6.71. The standard InChI is InChI=1S/C20H26BrF2O3PS.C2H6/c1-5-7-8-16(6-2)19(11-14(3)4)28-13-15-9-10-17(18(21)12-15)20(22,23)27(24,25)26;1-2/h5-10,12,14,19H,1,11,13H2,2-4H3,(H2,24,25,26);1-2H3/b8-7-,16-6+;. The predicted molar refractivity (Wildman–Crippen MR) is 129 cm³/mol. The lowest BCUT2D eigenvalue weighted by molar-refractivity contribution is 0.0557. The zero-order chi connectivity index (χ0) is 23.5.